The number of aliphatic hydroxyl groups is 1. The van der Waals surface area contributed by atoms with Gasteiger partial charge in [-0.2, -0.15) is 4.98 Å². The molecule has 1 fully saturated rings. The van der Waals surface area contributed by atoms with Crippen LogP contribution in [-0.4, -0.2) is 27.4 Å². The Labute approximate surface area is 86.3 Å². The summed E-state index contributed by atoms with van der Waals surface area (Å²) in [5.41, 5.74) is 5.78. The van der Waals surface area contributed by atoms with E-state index >= 15 is 0 Å². The average molecular weight is 211 g/mol. The number of anilines is 1. The van der Waals surface area contributed by atoms with Crippen LogP contribution in [0.1, 0.15) is 18.2 Å². The predicted octanol–water partition coefficient (Wildman–Crippen LogP) is -0.586. The summed E-state index contributed by atoms with van der Waals surface area (Å²) in [6.45, 7) is 2.02. The standard InChI is InChI=1S/C9H13N3O3/c1-5-3-12(9(14)11-8(5)10)7-2-6(13)4-15-7/h3,6-7,13H,2,4H2,1H3,(H2,10,11,14)/t6?,7-/m0/s1. The zero-order chi connectivity index (χ0) is 11.0. The Kier molecular flexibility index (Phi) is 2.45. The largest absolute Gasteiger partial charge is 0.391 e. The van der Waals surface area contributed by atoms with E-state index in [1.807, 2.05) is 0 Å². The van der Waals surface area contributed by atoms with Crippen molar-refractivity contribution in [1.82, 2.24) is 9.55 Å². The van der Waals surface area contributed by atoms with E-state index in [2.05, 4.69) is 4.98 Å². The number of nitrogen functional groups attached to an aromatic ring is 1. The van der Waals surface area contributed by atoms with Gasteiger partial charge in [-0.15, -0.1) is 0 Å². The summed E-state index contributed by atoms with van der Waals surface area (Å²) >= 11 is 0. The first-order chi connectivity index (χ1) is 7.08. The van der Waals surface area contributed by atoms with Gasteiger partial charge in [0.25, 0.3) is 0 Å². The lowest BCUT2D eigenvalue weighted by molar-refractivity contribution is 0.0447. The summed E-state index contributed by atoms with van der Waals surface area (Å²) < 4.78 is 6.62. The van der Waals surface area contributed by atoms with Gasteiger partial charge < -0.3 is 15.6 Å². The van der Waals surface area contributed by atoms with Crippen LogP contribution in [-0.2, 0) is 4.74 Å². The van der Waals surface area contributed by atoms with Gasteiger partial charge in [-0.3, -0.25) is 4.57 Å². The van der Waals surface area contributed by atoms with E-state index in [1.165, 1.54) is 4.57 Å². The summed E-state index contributed by atoms with van der Waals surface area (Å²) in [6.07, 6.45) is 1.07. The molecular formula is C9H13N3O3. The highest BCUT2D eigenvalue weighted by Crippen LogP contribution is 2.22. The van der Waals surface area contributed by atoms with Crippen molar-refractivity contribution < 1.29 is 9.84 Å². The highest BCUT2D eigenvalue weighted by Gasteiger charge is 2.26. The minimum atomic E-state index is -0.514. The van der Waals surface area contributed by atoms with Gasteiger partial charge in [0, 0.05) is 18.2 Å². The lowest BCUT2D eigenvalue weighted by Crippen LogP contribution is -2.28. The number of aromatic nitrogens is 2. The van der Waals surface area contributed by atoms with Crippen LogP contribution in [0.15, 0.2) is 11.0 Å². The second-order valence-electron chi connectivity index (χ2n) is 3.68. The van der Waals surface area contributed by atoms with Gasteiger partial charge in [0.05, 0.1) is 12.7 Å². The number of aliphatic hydroxyl groups excluding tert-OH is 1. The molecule has 0 radical (unpaired) electrons. The van der Waals surface area contributed by atoms with Crippen molar-refractivity contribution in [2.45, 2.75) is 25.7 Å². The topological polar surface area (TPSA) is 90.4 Å². The molecule has 0 aromatic carbocycles. The number of nitrogens with two attached hydrogens (primary N) is 1. The molecule has 3 N–H and O–H groups in total. The molecule has 1 aromatic heterocycles. The first-order valence-electron chi connectivity index (χ1n) is 4.73. The fraction of sp³-hybridized carbons (Fsp3) is 0.556. The van der Waals surface area contributed by atoms with Crippen molar-refractivity contribution in [2.75, 3.05) is 12.3 Å². The molecule has 0 bridgehead atoms. The predicted molar refractivity (Wildman–Crippen MR) is 53.3 cm³/mol. The second kappa shape index (κ2) is 3.63. The van der Waals surface area contributed by atoms with Crippen molar-refractivity contribution in [1.29, 1.82) is 0 Å². The van der Waals surface area contributed by atoms with Gasteiger partial charge in [0.1, 0.15) is 12.0 Å². The fourth-order valence-electron chi connectivity index (χ4n) is 1.57. The highest BCUT2D eigenvalue weighted by atomic mass is 16.5. The molecule has 0 spiro atoms. The molecule has 1 aliphatic rings. The van der Waals surface area contributed by atoms with E-state index in [1.54, 1.807) is 13.1 Å². The molecule has 2 atom stereocenters. The molecule has 0 amide bonds. The molecule has 82 valence electrons. The molecule has 1 unspecified atom stereocenters. The molecule has 1 aromatic rings. The number of aryl methyl sites for hydroxylation is 1. The second-order valence-corrected chi connectivity index (χ2v) is 3.68. The fourth-order valence-corrected chi connectivity index (χ4v) is 1.57. The maximum atomic E-state index is 11.5. The van der Waals surface area contributed by atoms with Crippen LogP contribution in [0.4, 0.5) is 5.82 Å². The van der Waals surface area contributed by atoms with Crippen LogP contribution in [0.3, 0.4) is 0 Å². The molecule has 6 nitrogen and oxygen atoms in total. The van der Waals surface area contributed by atoms with Crippen LogP contribution in [0, 0.1) is 6.92 Å². The Morgan fingerprint density at radius 1 is 1.73 bits per heavy atom. The highest BCUT2D eigenvalue weighted by molar-refractivity contribution is 5.35. The van der Waals surface area contributed by atoms with Crippen molar-refractivity contribution in [2.24, 2.45) is 0 Å². The molecule has 1 saturated heterocycles. The monoisotopic (exact) mass is 211 g/mol. The van der Waals surface area contributed by atoms with E-state index in [4.69, 9.17) is 10.5 Å². The Hall–Kier alpha value is -1.40. The lowest BCUT2D eigenvalue weighted by atomic mass is 10.3. The van der Waals surface area contributed by atoms with Gasteiger partial charge in [-0.1, -0.05) is 0 Å². The van der Waals surface area contributed by atoms with Crippen molar-refractivity contribution >= 4 is 5.82 Å². The van der Waals surface area contributed by atoms with Gasteiger partial charge in [-0.25, -0.2) is 4.79 Å². The Morgan fingerprint density at radius 2 is 2.47 bits per heavy atom. The molecule has 2 heterocycles. The summed E-state index contributed by atoms with van der Waals surface area (Å²) in [5, 5.41) is 9.29. The quantitative estimate of drug-likeness (QED) is 0.648. The first kappa shape index (κ1) is 10.1. The van der Waals surface area contributed by atoms with E-state index in [0.717, 1.165) is 5.56 Å². The Morgan fingerprint density at radius 3 is 3.07 bits per heavy atom. The van der Waals surface area contributed by atoms with Gasteiger partial charge in [0.15, 0.2) is 0 Å². The number of hydrogen-bond donors (Lipinski definition) is 2. The van der Waals surface area contributed by atoms with Crippen molar-refractivity contribution in [3.8, 4) is 0 Å². The van der Waals surface area contributed by atoms with E-state index < -0.39 is 18.0 Å². The van der Waals surface area contributed by atoms with Gasteiger partial charge in [0.2, 0.25) is 0 Å². The maximum Gasteiger partial charge on any atom is 0.351 e. The SMILES string of the molecule is Cc1cn([C@@H]2CC(O)CO2)c(=O)nc1N. The maximum absolute atomic E-state index is 11.5. The summed E-state index contributed by atoms with van der Waals surface area (Å²) in [6, 6.07) is 0. The molecule has 0 aliphatic carbocycles. The van der Waals surface area contributed by atoms with Crippen LogP contribution in [0.25, 0.3) is 0 Å². The lowest BCUT2D eigenvalue weighted by Gasteiger charge is -2.13. The first-order valence-corrected chi connectivity index (χ1v) is 4.73. The van der Waals surface area contributed by atoms with Crippen LogP contribution in [0.5, 0.6) is 0 Å². The summed E-state index contributed by atoms with van der Waals surface area (Å²) in [5.74, 6) is 0.231. The van der Waals surface area contributed by atoms with E-state index in [0.29, 0.717) is 6.42 Å². The molecule has 2 rings (SSSR count). The minimum Gasteiger partial charge on any atom is -0.391 e. The number of hydrogen-bond acceptors (Lipinski definition) is 5. The van der Waals surface area contributed by atoms with E-state index in [-0.39, 0.29) is 12.4 Å². The minimum absolute atomic E-state index is 0.231. The third kappa shape index (κ3) is 1.86. The number of nitrogens with zero attached hydrogens (tertiary/aromatic N) is 2. The molecule has 1 aliphatic heterocycles. The third-order valence-corrected chi connectivity index (χ3v) is 2.44. The molecule has 0 saturated carbocycles. The zero-order valence-corrected chi connectivity index (χ0v) is 8.38. The van der Waals surface area contributed by atoms with E-state index in [9.17, 15) is 9.90 Å². The van der Waals surface area contributed by atoms with Crippen LogP contribution in [0.2, 0.25) is 0 Å². The van der Waals surface area contributed by atoms with Gasteiger partial charge in [-0.05, 0) is 6.92 Å². The normalized spacial score (nSPS) is 25.7. The average Bonchev–Trinajstić information content (AvgIpc) is 2.58. The number of rotatable bonds is 1. The summed E-state index contributed by atoms with van der Waals surface area (Å²) in [7, 11) is 0. The zero-order valence-electron chi connectivity index (χ0n) is 8.38. The molecular weight excluding hydrogens is 198 g/mol. The molecule has 6 heteroatoms. The smallest absolute Gasteiger partial charge is 0.351 e. The summed E-state index contributed by atoms with van der Waals surface area (Å²) in [4.78, 5) is 15.2. The molecule has 15 heavy (non-hydrogen) atoms. The van der Waals surface area contributed by atoms with Crippen molar-refractivity contribution in [3.05, 3.63) is 22.2 Å². The van der Waals surface area contributed by atoms with Gasteiger partial charge >= 0.3 is 5.69 Å². The Balaban J connectivity index is 2.36. The number of ether oxygens (including phenoxy) is 1. The van der Waals surface area contributed by atoms with Crippen LogP contribution < -0.4 is 11.4 Å². The Bertz CT molecular complexity index is 429. The third-order valence-electron chi connectivity index (χ3n) is 2.44. The van der Waals surface area contributed by atoms with Crippen LogP contribution >= 0.6 is 0 Å². The van der Waals surface area contributed by atoms with Crippen molar-refractivity contribution in [3.63, 3.8) is 0 Å².